The van der Waals surface area contributed by atoms with E-state index in [1.165, 1.54) is 11.8 Å². The zero-order valence-corrected chi connectivity index (χ0v) is 21.1. The number of thioether (sulfide) groups is 1. The summed E-state index contributed by atoms with van der Waals surface area (Å²) in [6.45, 7) is 4.03. The van der Waals surface area contributed by atoms with Crippen molar-refractivity contribution in [1.82, 2.24) is 14.8 Å². The second-order valence-corrected chi connectivity index (χ2v) is 9.22. The number of carbonyl (C=O) groups is 1. The van der Waals surface area contributed by atoms with Crippen LogP contribution in [0.5, 0.6) is 5.75 Å². The topological polar surface area (TPSA) is 72.3 Å². The predicted molar refractivity (Wildman–Crippen MR) is 143 cm³/mol. The first-order valence-electron chi connectivity index (χ1n) is 11.4. The SMILES string of the molecule is COc1ccc(-c2nnc(SCC(=O)N(c3ccc(Nc4ccccc4)cc3)C(C)C)n2C)cc1. The third-order valence-corrected chi connectivity index (χ3v) is 6.51. The predicted octanol–water partition coefficient (Wildman–Crippen LogP) is 5.77. The molecule has 4 rings (SSSR count). The van der Waals surface area contributed by atoms with Crippen molar-refractivity contribution >= 4 is 34.7 Å². The summed E-state index contributed by atoms with van der Waals surface area (Å²) in [5.41, 5.74) is 3.79. The molecule has 180 valence electrons. The first-order valence-corrected chi connectivity index (χ1v) is 12.4. The van der Waals surface area contributed by atoms with Crippen molar-refractivity contribution in [2.24, 2.45) is 7.05 Å². The fourth-order valence-electron chi connectivity index (χ4n) is 3.75. The highest BCUT2D eigenvalue weighted by molar-refractivity contribution is 7.99. The minimum Gasteiger partial charge on any atom is -0.497 e. The maximum atomic E-state index is 13.2. The fraction of sp³-hybridized carbons (Fsp3) is 0.222. The zero-order valence-electron chi connectivity index (χ0n) is 20.3. The maximum absolute atomic E-state index is 13.2. The van der Waals surface area contributed by atoms with Crippen LogP contribution >= 0.6 is 11.8 Å². The van der Waals surface area contributed by atoms with Crippen LogP contribution in [-0.4, -0.2) is 39.6 Å². The standard InChI is InChI=1S/C27H29N5O2S/c1-19(2)32(23-14-12-22(13-15-23)28-21-8-6-5-7-9-21)25(33)18-35-27-30-29-26(31(27)3)20-10-16-24(34-4)17-11-20/h5-17,19,28H,18H2,1-4H3. The molecule has 0 aliphatic heterocycles. The molecule has 1 aromatic heterocycles. The number of carbonyl (C=O) groups excluding carboxylic acids is 1. The van der Waals surface area contributed by atoms with Gasteiger partial charge in [-0.1, -0.05) is 30.0 Å². The average molecular weight is 488 g/mol. The van der Waals surface area contributed by atoms with E-state index in [1.54, 1.807) is 7.11 Å². The van der Waals surface area contributed by atoms with E-state index in [0.29, 0.717) is 5.16 Å². The molecule has 0 aliphatic rings. The van der Waals surface area contributed by atoms with Crippen molar-refractivity contribution in [3.05, 3.63) is 78.9 Å². The second-order valence-electron chi connectivity index (χ2n) is 8.28. The Labute approximate surface area is 210 Å². The number of nitrogens with zero attached hydrogens (tertiary/aromatic N) is 4. The molecule has 0 saturated heterocycles. The lowest BCUT2D eigenvalue weighted by Crippen LogP contribution is -2.38. The molecule has 1 amide bonds. The molecule has 0 radical (unpaired) electrons. The van der Waals surface area contributed by atoms with Gasteiger partial charge in [0.25, 0.3) is 0 Å². The number of rotatable bonds is 9. The number of ether oxygens (including phenoxy) is 1. The minimum absolute atomic E-state index is 0.0165. The van der Waals surface area contributed by atoms with Gasteiger partial charge in [0.15, 0.2) is 11.0 Å². The molecular weight excluding hydrogens is 458 g/mol. The van der Waals surface area contributed by atoms with Gasteiger partial charge >= 0.3 is 0 Å². The van der Waals surface area contributed by atoms with E-state index in [1.807, 2.05) is 109 Å². The molecule has 7 nitrogen and oxygen atoms in total. The van der Waals surface area contributed by atoms with E-state index in [2.05, 4.69) is 15.5 Å². The van der Waals surface area contributed by atoms with Gasteiger partial charge in [-0.05, 0) is 74.5 Å². The highest BCUT2D eigenvalue weighted by Gasteiger charge is 2.21. The Kier molecular flexibility index (Phi) is 7.72. The van der Waals surface area contributed by atoms with Crippen molar-refractivity contribution in [1.29, 1.82) is 0 Å². The van der Waals surface area contributed by atoms with E-state index >= 15 is 0 Å². The molecular formula is C27H29N5O2S. The summed E-state index contributed by atoms with van der Waals surface area (Å²) in [5.74, 6) is 1.80. The van der Waals surface area contributed by atoms with Crippen molar-refractivity contribution in [2.45, 2.75) is 25.0 Å². The lowest BCUT2D eigenvalue weighted by molar-refractivity contribution is -0.116. The monoisotopic (exact) mass is 487 g/mol. The summed E-state index contributed by atoms with van der Waals surface area (Å²) >= 11 is 1.38. The number of para-hydroxylation sites is 1. The van der Waals surface area contributed by atoms with Gasteiger partial charge in [-0.3, -0.25) is 4.79 Å². The van der Waals surface area contributed by atoms with Crippen LogP contribution in [0.2, 0.25) is 0 Å². The molecule has 1 heterocycles. The first-order chi connectivity index (χ1) is 17.0. The highest BCUT2D eigenvalue weighted by atomic mass is 32.2. The third-order valence-electron chi connectivity index (χ3n) is 5.50. The molecule has 0 aliphatic carbocycles. The largest absolute Gasteiger partial charge is 0.497 e. The van der Waals surface area contributed by atoms with Gasteiger partial charge in [-0.15, -0.1) is 10.2 Å². The van der Waals surface area contributed by atoms with Crippen molar-refractivity contribution in [3.8, 4) is 17.1 Å². The Balaban J connectivity index is 1.42. The van der Waals surface area contributed by atoms with Crippen LogP contribution in [0.15, 0.2) is 84.0 Å². The zero-order chi connectivity index (χ0) is 24.8. The van der Waals surface area contributed by atoms with Gasteiger partial charge < -0.3 is 19.5 Å². The summed E-state index contributed by atoms with van der Waals surface area (Å²) < 4.78 is 7.13. The number of hydrogen-bond donors (Lipinski definition) is 1. The van der Waals surface area contributed by atoms with Crippen LogP contribution in [0.1, 0.15) is 13.8 Å². The van der Waals surface area contributed by atoms with Gasteiger partial charge in [0, 0.05) is 35.7 Å². The van der Waals surface area contributed by atoms with E-state index in [4.69, 9.17) is 4.74 Å². The van der Waals surface area contributed by atoms with Crippen LogP contribution in [0.3, 0.4) is 0 Å². The lowest BCUT2D eigenvalue weighted by atomic mass is 10.2. The highest BCUT2D eigenvalue weighted by Crippen LogP contribution is 2.27. The molecule has 8 heteroatoms. The van der Waals surface area contributed by atoms with Crippen molar-refractivity contribution in [3.63, 3.8) is 0 Å². The molecule has 1 N–H and O–H groups in total. The Hall–Kier alpha value is -3.78. The van der Waals surface area contributed by atoms with E-state index in [0.717, 1.165) is 34.2 Å². The molecule has 0 unspecified atom stereocenters. The van der Waals surface area contributed by atoms with Crippen LogP contribution < -0.4 is 15.0 Å². The summed E-state index contributed by atoms with van der Waals surface area (Å²) in [5, 5.41) is 12.7. The molecule has 0 saturated carbocycles. The van der Waals surface area contributed by atoms with Gasteiger partial charge in [-0.2, -0.15) is 0 Å². The van der Waals surface area contributed by atoms with Crippen LogP contribution in [0, 0.1) is 0 Å². The van der Waals surface area contributed by atoms with Gasteiger partial charge in [0.1, 0.15) is 5.75 Å². The van der Waals surface area contributed by atoms with Crippen LogP contribution in [0.4, 0.5) is 17.1 Å². The first kappa shape index (κ1) is 24.3. The molecule has 0 spiro atoms. The summed E-state index contributed by atoms with van der Waals surface area (Å²) in [6, 6.07) is 25.6. The number of methoxy groups -OCH3 is 1. The number of anilines is 3. The summed E-state index contributed by atoms with van der Waals surface area (Å²) in [4.78, 5) is 15.0. The number of hydrogen-bond acceptors (Lipinski definition) is 6. The summed E-state index contributed by atoms with van der Waals surface area (Å²) in [6.07, 6.45) is 0. The Bertz CT molecular complexity index is 1260. The van der Waals surface area contributed by atoms with E-state index in [-0.39, 0.29) is 17.7 Å². The average Bonchev–Trinajstić information content (AvgIpc) is 3.24. The second kappa shape index (κ2) is 11.1. The fourth-order valence-corrected chi connectivity index (χ4v) is 4.52. The molecule has 4 aromatic rings. The number of amides is 1. The molecule has 0 fully saturated rings. The summed E-state index contributed by atoms with van der Waals surface area (Å²) in [7, 11) is 3.55. The smallest absolute Gasteiger partial charge is 0.237 e. The van der Waals surface area contributed by atoms with Crippen LogP contribution in [-0.2, 0) is 11.8 Å². The Morgan fingerprint density at radius 2 is 1.63 bits per heavy atom. The minimum atomic E-state index is 0.0165. The van der Waals surface area contributed by atoms with E-state index < -0.39 is 0 Å². The number of nitrogens with one attached hydrogen (secondary N) is 1. The molecule has 0 atom stereocenters. The quantitative estimate of drug-likeness (QED) is 0.302. The number of benzene rings is 3. The lowest BCUT2D eigenvalue weighted by Gasteiger charge is -2.27. The van der Waals surface area contributed by atoms with Crippen molar-refractivity contribution in [2.75, 3.05) is 23.1 Å². The molecule has 35 heavy (non-hydrogen) atoms. The normalized spacial score (nSPS) is 10.9. The Morgan fingerprint density at radius 3 is 2.26 bits per heavy atom. The van der Waals surface area contributed by atoms with E-state index in [9.17, 15) is 4.79 Å². The van der Waals surface area contributed by atoms with Gasteiger partial charge in [0.05, 0.1) is 12.9 Å². The van der Waals surface area contributed by atoms with Gasteiger partial charge in [0.2, 0.25) is 5.91 Å². The number of aromatic nitrogens is 3. The molecule has 0 bridgehead atoms. The maximum Gasteiger partial charge on any atom is 0.237 e. The van der Waals surface area contributed by atoms with Gasteiger partial charge in [-0.25, -0.2) is 0 Å². The molecule has 3 aromatic carbocycles. The Morgan fingerprint density at radius 1 is 0.971 bits per heavy atom. The van der Waals surface area contributed by atoms with Crippen molar-refractivity contribution < 1.29 is 9.53 Å². The third kappa shape index (κ3) is 5.84. The van der Waals surface area contributed by atoms with Crippen LogP contribution in [0.25, 0.3) is 11.4 Å².